The highest BCUT2D eigenvalue weighted by Crippen LogP contribution is 2.60. The normalized spacial score (nSPS) is 29.6. The predicted molar refractivity (Wildman–Crippen MR) is 143 cm³/mol. The Morgan fingerprint density at radius 3 is 2.08 bits per heavy atom. The highest BCUT2D eigenvalue weighted by molar-refractivity contribution is 9.10. The second-order valence-electron chi connectivity index (χ2n) is 10.9. The molecule has 7 nitrogen and oxygen atoms in total. The standard InChI is InChI=1S/C29H29BrN2O5/c1-36-24-12-25(37-2)23(30)11-19(24)10-22-26(33)31-28(35)32(27(22)34)21-5-3-20(4-6-21)29-13-16-7-17(14-29)9-18(8-16)15-29/h3-6,10-12,16-18H,7-9,13-15H2,1-2H3,(H,31,33,35)/b22-10+. The first-order valence-electron chi connectivity index (χ1n) is 12.7. The van der Waals surface area contributed by atoms with E-state index in [4.69, 9.17) is 9.47 Å². The second kappa shape index (κ2) is 9.01. The average Bonchev–Trinajstić information content (AvgIpc) is 2.86. The fraction of sp³-hybridized carbons (Fsp3) is 0.414. The number of imide groups is 2. The summed E-state index contributed by atoms with van der Waals surface area (Å²) >= 11 is 3.43. The number of ether oxygens (including phenoxy) is 2. The number of anilines is 1. The number of hydrogen-bond acceptors (Lipinski definition) is 5. The molecule has 4 amide bonds. The largest absolute Gasteiger partial charge is 0.496 e. The molecule has 0 radical (unpaired) electrons. The molecule has 1 N–H and O–H groups in total. The molecule has 0 spiro atoms. The number of urea groups is 1. The number of methoxy groups -OCH3 is 2. The molecular formula is C29H29BrN2O5. The molecule has 37 heavy (non-hydrogen) atoms. The Bertz CT molecular complexity index is 1300. The van der Waals surface area contributed by atoms with E-state index in [-0.39, 0.29) is 11.0 Å². The Balaban J connectivity index is 1.31. The summed E-state index contributed by atoms with van der Waals surface area (Å²) in [5.74, 6) is 2.04. The van der Waals surface area contributed by atoms with E-state index in [1.165, 1.54) is 64.4 Å². The van der Waals surface area contributed by atoms with Crippen molar-refractivity contribution in [2.75, 3.05) is 19.1 Å². The molecule has 0 aromatic heterocycles. The van der Waals surface area contributed by atoms with Gasteiger partial charge in [-0.1, -0.05) is 12.1 Å². The zero-order chi connectivity index (χ0) is 25.9. The van der Waals surface area contributed by atoms with E-state index < -0.39 is 17.8 Å². The van der Waals surface area contributed by atoms with Crippen LogP contribution in [0.3, 0.4) is 0 Å². The summed E-state index contributed by atoms with van der Waals surface area (Å²) in [5, 5.41) is 2.31. The van der Waals surface area contributed by atoms with Gasteiger partial charge in [-0.2, -0.15) is 0 Å². The third-order valence-corrected chi connectivity index (χ3v) is 9.30. The molecule has 7 rings (SSSR count). The lowest BCUT2D eigenvalue weighted by molar-refractivity contribution is -0.122. The van der Waals surface area contributed by atoms with Gasteiger partial charge < -0.3 is 9.47 Å². The Labute approximate surface area is 224 Å². The van der Waals surface area contributed by atoms with E-state index in [2.05, 4.69) is 33.4 Å². The Morgan fingerprint density at radius 2 is 1.51 bits per heavy atom. The third kappa shape index (κ3) is 4.06. The first kappa shape index (κ1) is 24.2. The minimum absolute atomic E-state index is 0.153. The van der Waals surface area contributed by atoms with E-state index in [9.17, 15) is 14.4 Å². The fourth-order valence-corrected chi connectivity index (χ4v) is 7.99. The summed E-state index contributed by atoms with van der Waals surface area (Å²) in [5.41, 5.74) is 2.32. The average molecular weight is 565 g/mol. The van der Waals surface area contributed by atoms with Gasteiger partial charge in [0.25, 0.3) is 11.8 Å². The zero-order valence-corrected chi connectivity index (χ0v) is 22.5. The molecule has 1 heterocycles. The highest BCUT2D eigenvalue weighted by Gasteiger charge is 2.51. The number of hydrogen-bond donors (Lipinski definition) is 1. The number of halogens is 1. The Kier molecular flexibility index (Phi) is 5.90. The number of nitrogens with one attached hydrogen (secondary N) is 1. The third-order valence-electron chi connectivity index (χ3n) is 8.68. The molecule has 1 saturated heterocycles. The van der Waals surface area contributed by atoms with Gasteiger partial charge in [0.05, 0.1) is 24.4 Å². The van der Waals surface area contributed by atoms with Crippen LogP contribution in [0.15, 0.2) is 46.4 Å². The monoisotopic (exact) mass is 564 g/mol. The van der Waals surface area contributed by atoms with Crippen molar-refractivity contribution < 1.29 is 23.9 Å². The van der Waals surface area contributed by atoms with Crippen LogP contribution in [0, 0.1) is 17.8 Å². The van der Waals surface area contributed by atoms with Gasteiger partial charge in [-0.3, -0.25) is 14.9 Å². The quantitative estimate of drug-likeness (QED) is 0.377. The molecule has 5 aliphatic rings. The molecule has 4 aliphatic carbocycles. The van der Waals surface area contributed by atoms with Gasteiger partial charge in [0, 0.05) is 11.6 Å². The van der Waals surface area contributed by atoms with E-state index in [1.54, 1.807) is 12.1 Å². The van der Waals surface area contributed by atoms with Crippen LogP contribution in [-0.4, -0.2) is 32.1 Å². The first-order chi connectivity index (χ1) is 17.8. The fourth-order valence-electron chi connectivity index (χ4n) is 7.47. The maximum atomic E-state index is 13.5. The van der Waals surface area contributed by atoms with Crippen LogP contribution in [0.2, 0.25) is 0 Å². The van der Waals surface area contributed by atoms with Crippen LogP contribution in [0.1, 0.15) is 49.7 Å². The SMILES string of the molecule is COc1cc(OC)c(/C=C2\C(=O)NC(=O)N(c3ccc(C45CC6CC(CC(C6)C4)C5)cc3)C2=O)cc1Br. The van der Waals surface area contributed by atoms with Crippen molar-refractivity contribution in [3.8, 4) is 11.5 Å². The second-order valence-corrected chi connectivity index (χ2v) is 11.8. The molecule has 8 heteroatoms. The predicted octanol–water partition coefficient (Wildman–Crippen LogP) is 5.60. The van der Waals surface area contributed by atoms with Crippen LogP contribution in [-0.2, 0) is 15.0 Å². The molecule has 192 valence electrons. The topological polar surface area (TPSA) is 84.9 Å². The molecule has 1 aliphatic heterocycles. The Hall–Kier alpha value is -3.13. The van der Waals surface area contributed by atoms with Gasteiger partial charge in [-0.15, -0.1) is 0 Å². The van der Waals surface area contributed by atoms with Gasteiger partial charge in [0.1, 0.15) is 17.1 Å². The van der Waals surface area contributed by atoms with Gasteiger partial charge in [0.2, 0.25) is 0 Å². The minimum atomic E-state index is -0.752. The summed E-state index contributed by atoms with van der Waals surface area (Å²) in [4.78, 5) is 40.0. The van der Waals surface area contributed by atoms with Crippen molar-refractivity contribution in [3.05, 3.63) is 57.6 Å². The van der Waals surface area contributed by atoms with Crippen molar-refractivity contribution in [1.29, 1.82) is 0 Å². The van der Waals surface area contributed by atoms with E-state index in [1.807, 2.05) is 12.1 Å². The molecule has 5 fully saturated rings. The van der Waals surface area contributed by atoms with Gasteiger partial charge in [0.15, 0.2) is 0 Å². The summed E-state index contributed by atoms with van der Waals surface area (Å²) in [6, 6.07) is 10.4. The van der Waals surface area contributed by atoms with Crippen LogP contribution in [0.4, 0.5) is 10.5 Å². The number of rotatable bonds is 5. The molecule has 2 aromatic rings. The van der Waals surface area contributed by atoms with Gasteiger partial charge in [-0.05, 0) is 107 Å². The van der Waals surface area contributed by atoms with Crippen molar-refractivity contribution in [3.63, 3.8) is 0 Å². The van der Waals surface area contributed by atoms with Crippen molar-refractivity contribution in [2.24, 2.45) is 17.8 Å². The summed E-state index contributed by atoms with van der Waals surface area (Å²) in [6.07, 6.45) is 9.27. The van der Waals surface area contributed by atoms with Crippen molar-refractivity contribution in [2.45, 2.75) is 43.9 Å². The first-order valence-corrected chi connectivity index (χ1v) is 13.5. The van der Waals surface area contributed by atoms with Crippen molar-refractivity contribution >= 4 is 45.5 Å². The molecule has 0 unspecified atom stereocenters. The number of nitrogens with zero attached hydrogens (tertiary/aromatic N) is 1. The molecular weight excluding hydrogens is 536 g/mol. The number of carbonyl (C=O) groups excluding carboxylic acids is 3. The number of carbonyl (C=O) groups is 3. The van der Waals surface area contributed by atoms with E-state index in [0.717, 1.165) is 22.7 Å². The smallest absolute Gasteiger partial charge is 0.335 e. The lowest BCUT2D eigenvalue weighted by atomic mass is 9.48. The maximum absolute atomic E-state index is 13.5. The van der Waals surface area contributed by atoms with E-state index in [0.29, 0.717) is 27.2 Å². The van der Waals surface area contributed by atoms with Gasteiger partial charge >= 0.3 is 6.03 Å². The number of barbiturate groups is 1. The lowest BCUT2D eigenvalue weighted by Gasteiger charge is -2.57. The highest BCUT2D eigenvalue weighted by atomic mass is 79.9. The molecule has 2 aromatic carbocycles. The molecule has 4 bridgehead atoms. The lowest BCUT2D eigenvalue weighted by Crippen LogP contribution is -2.54. The molecule has 0 atom stereocenters. The Morgan fingerprint density at radius 1 is 0.919 bits per heavy atom. The maximum Gasteiger partial charge on any atom is 0.335 e. The zero-order valence-electron chi connectivity index (χ0n) is 20.9. The van der Waals surface area contributed by atoms with Crippen LogP contribution < -0.4 is 19.7 Å². The minimum Gasteiger partial charge on any atom is -0.496 e. The van der Waals surface area contributed by atoms with Crippen LogP contribution in [0.25, 0.3) is 6.08 Å². The van der Waals surface area contributed by atoms with Gasteiger partial charge in [-0.25, -0.2) is 9.69 Å². The summed E-state index contributed by atoms with van der Waals surface area (Å²) < 4.78 is 11.4. The summed E-state index contributed by atoms with van der Waals surface area (Å²) in [7, 11) is 3.03. The van der Waals surface area contributed by atoms with Crippen LogP contribution in [0.5, 0.6) is 11.5 Å². The number of amides is 4. The van der Waals surface area contributed by atoms with Crippen molar-refractivity contribution in [1.82, 2.24) is 5.32 Å². The number of benzene rings is 2. The van der Waals surface area contributed by atoms with Crippen LogP contribution >= 0.6 is 15.9 Å². The van der Waals surface area contributed by atoms with E-state index >= 15 is 0 Å². The molecule has 4 saturated carbocycles. The summed E-state index contributed by atoms with van der Waals surface area (Å²) in [6.45, 7) is 0.